The Kier molecular flexibility index (Phi) is 4.44. The number of aliphatic hydroxyl groups excluding tert-OH is 1. The highest BCUT2D eigenvalue weighted by molar-refractivity contribution is 5.43. The first-order valence-corrected chi connectivity index (χ1v) is 6.41. The number of methoxy groups -OCH3 is 1. The third-order valence-corrected chi connectivity index (χ3v) is 3.30. The van der Waals surface area contributed by atoms with E-state index in [1.54, 1.807) is 7.11 Å². The van der Waals surface area contributed by atoms with Gasteiger partial charge in [-0.25, -0.2) is 0 Å². The molecule has 100 valence electrons. The molecule has 18 heavy (non-hydrogen) atoms. The van der Waals surface area contributed by atoms with Crippen LogP contribution in [0, 0.1) is 0 Å². The number of aliphatic hydroxyl groups is 1. The van der Waals surface area contributed by atoms with Gasteiger partial charge in [0, 0.05) is 6.54 Å². The van der Waals surface area contributed by atoms with Gasteiger partial charge in [-0.05, 0) is 44.0 Å². The van der Waals surface area contributed by atoms with Gasteiger partial charge in [0.15, 0.2) is 11.5 Å². The summed E-state index contributed by atoms with van der Waals surface area (Å²) >= 11 is 0. The van der Waals surface area contributed by atoms with Crippen LogP contribution in [0.5, 0.6) is 11.5 Å². The minimum absolute atomic E-state index is 0.108. The highest BCUT2D eigenvalue weighted by Crippen LogP contribution is 2.32. The third kappa shape index (κ3) is 2.94. The first kappa shape index (κ1) is 13.2. The van der Waals surface area contributed by atoms with Gasteiger partial charge in [0.25, 0.3) is 0 Å². The summed E-state index contributed by atoms with van der Waals surface area (Å²) in [5.41, 5.74) is 1.14. The number of benzene rings is 1. The summed E-state index contributed by atoms with van der Waals surface area (Å²) in [6, 6.07) is 5.89. The summed E-state index contributed by atoms with van der Waals surface area (Å²) in [5.74, 6) is 1.44. The molecular formula is C14H21NO3. The maximum absolute atomic E-state index is 9.81. The molecule has 4 nitrogen and oxygen atoms in total. The molecular weight excluding hydrogens is 230 g/mol. The molecule has 0 bridgehead atoms. The van der Waals surface area contributed by atoms with E-state index in [9.17, 15) is 5.11 Å². The van der Waals surface area contributed by atoms with E-state index in [4.69, 9.17) is 9.47 Å². The lowest BCUT2D eigenvalue weighted by atomic mass is 10.2. The van der Waals surface area contributed by atoms with Gasteiger partial charge in [0.1, 0.15) is 6.10 Å². The molecule has 2 N–H and O–H groups in total. The molecule has 0 heterocycles. The summed E-state index contributed by atoms with van der Waals surface area (Å²) in [6.45, 7) is 0.785. The monoisotopic (exact) mass is 251 g/mol. The van der Waals surface area contributed by atoms with E-state index in [0.717, 1.165) is 37.1 Å². The SMILES string of the molecule is CNCc1ccc(OC)c(OC2CCCC2O)c1. The standard InChI is InChI=1S/C14H21NO3/c1-15-9-10-6-7-13(17-2)14(8-10)18-12-5-3-4-11(12)16/h6-8,11-12,15-16H,3-5,9H2,1-2H3. The molecule has 2 rings (SSSR count). The van der Waals surface area contributed by atoms with Crippen LogP contribution in [0.2, 0.25) is 0 Å². The van der Waals surface area contributed by atoms with Gasteiger partial charge in [-0.15, -0.1) is 0 Å². The smallest absolute Gasteiger partial charge is 0.162 e. The second kappa shape index (κ2) is 6.07. The topological polar surface area (TPSA) is 50.7 Å². The molecule has 1 aliphatic rings. The van der Waals surface area contributed by atoms with Gasteiger partial charge in [0.05, 0.1) is 13.2 Å². The lowest BCUT2D eigenvalue weighted by molar-refractivity contribution is 0.0585. The molecule has 0 aliphatic heterocycles. The molecule has 2 unspecified atom stereocenters. The van der Waals surface area contributed by atoms with Gasteiger partial charge >= 0.3 is 0 Å². The molecule has 0 saturated heterocycles. The average molecular weight is 251 g/mol. The van der Waals surface area contributed by atoms with Crippen molar-refractivity contribution in [2.75, 3.05) is 14.2 Å². The zero-order valence-electron chi connectivity index (χ0n) is 11.0. The van der Waals surface area contributed by atoms with Crippen LogP contribution >= 0.6 is 0 Å². The van der Waals surface area contributed by atoms with Crippen LogP contribution in [0.4, 0.5) is 0 Å². The van der Waals surface area contributed by atoms with E-state index in [1.165, 1.54) is 0 Å². The fourth-order valence-electron chi connectivity index (χ4n) is 2.33. The molecule has 0 spiro atoms. The fourth-order valence-corrected chi connectivity index (χ4v) is 2.33. The summed E-state index contributed by atoms with van der Waals surface area (Å²) in [5, 5.41) is 12.9. The predicted octanol–water partition coefficient (Wildman–Crippen LogP) is 1.71. The fraction of sp³-hybridized carbons (Fsp3) is 0.571. The molecule has 4 heteroatoms. The van der Waals surface area contributed by atoms with Crippen molar-refractivity contribution in [2.24, 2.45) is 0 Å². The van der Waals surface area contributed by atoms with Crippen LogP contribution in [-0.2, 0) is 6.54 Å². The van der Waals surface area contributed by atoms with Crippen molar-refractivity contribution in [2.45, 2.75) is 38.0 Å². The Balaban J connectivity index is 2.15. The maximum Gasteiger partial charge on any atom is 0.162 e. The Morgan fingerprint density at radius 3 is 2.78 bits per heavy atom. The van der Waals surface area contributed by atoms with Gasteiger partial charge in [-0.3, -0.25) is 0 Å². The van der Waals surface area contributed by atoms with Gasteiger partial charge in [0.2, 0.25) is 0 Å². The quantitative estimate of drug-likeness (QED) is 0.836. The van der Waals surface area contributed by atoms with Crippen LogP contribution in [0.15, 0.2) is 18.2 Å². The molecule has 0 radical (unpaired) electrons. The molecule has 2 atom stereocenters. The number of hydrogen-bond donors (Lipinski definition) is 2. The first-order chi connectivity index (χ1) is 8.74. The van der Waals surface area contributed by atoms with Crippen molar-refractivity contribution in [1.29, 1.82) is 0 Å². The molecule has 1 aliphatic carbocycles. The van der Waals surface area contributed by atoms with E-state index >= 15 is 0 Å². The van der Waals surface area contributed by atoms with Crippen LogP contribution in [0.1, 0.15) is 24.8 Å². The van der Waals surface area contributed by atoms with Gasteiger partial charge < -0.3 is 19.9 Å². The summed E-state index contributed by atoms with van der Waals surface area (Å²) < 4.78 is 11.2. The molecule has 1 saturated carbocycles. The van der Waals surface area contributed by atoms with Crippen molar-refractivity contribution in [3.63, 3.8) is 0 Å². The summed E-state index contributed by atoms with van der Waals surface area (Å²) in [7, 11) is 3.54. The second-order valence-electron chi connectivity index (χ2n) is 4.67. The highest BCUT2D eigenvalue weighted by Gasteiger charge is 2.27. The zero-order valence-corrected chi connectivity index (χ0v) is 11.0. The largest absolute Gasteiger partial charge is 0.493 e. The van der Waals surface area contributed by atoms with Crippen LogP contribution in [0.25, 0.3) is 0 Å². The normalized spacial score (nSPS) is 23.1. The van der Waals surface area contributed by atoms with Crippen LogP contribution in [0.3, 0.4) is 0 Å². The van der Waals surface area contributed by atoms with Crippen LogP contribution < -0.4 is 14.8 Å². The van der Waals surface area contributed by atoms with Gasteiger partial charge in [-0.2, -0.15) is 0 Å². The molecule has 1 aromatic rings. The van der Waals surface area contributed by atoms with Crippen molar-refractivity contribution in [1.82, 2.24) is 5.32 Å². The average Bonchev–Trinajstić information content (AvgIpc) is 2.76. The van der Waals surface area contributed by atoms with Gasteiger partial charge in [-0.1, -0.05) is 6.07 Å². The second-order valence-corrected chi connectivity index (χ2v) is 4.67. The predicted molar refractivity (Wildman–Crippen MR) is 70.0 cm³/mol. The number of ether oxygens (including phenoxy) is 2. The summed E-state index contributed by atoms with van der Waals surface area (Å²) in [6.07, 6.45) is 2.28. The summed E-state index contributed by atoms with van der Waals surface area (Å²) in [4.78, 5) is 0. The lowest BCUT2D eigenvalue weighted by Crippen LogP contribution is -2.25. The Hall–Kier alpha value is -1.26. The number of hydrogen-bond acceptors (Lipinski definition) is 4. The van der Waals surface area contributed by atoms with E-state index in [1.807, 2.05) is 25.2 Å². The Morgan fingerprint density at radius 2 is 2.17 bits per heavy atom. The Bertz CT molecular complexity index is 395. The van der Waals surface area contributed by atoms with Crippen molar-refractivity contribution in [3.8, 4) is 11.5 Å². The first-order valence-electron chi connectivity index (χ1n) is 6.41. The maximum atomic E-state index is 9.81. The molecule has 0 aromatic heterocycles. The molecule has 1 aromatic carbocycles. The molecule has 0 amide bonds. The van der Waals surface area contributed by atoms with Crippen molar-refractivity contribution >= 4 is 0 Å². The lowest BCUT2D eigenvalue weighted by Gasteiger charge is -2.19. The highest BCUT2D eigenvalue weighted by atomic mass is 16.5. The number of nitrogens with one attached hydrogen (secondary N) is 1. The third-order valence-electron chi connectivity index (χ3n) is 3.30. The molecule has 1 fully saturated rings. The minimum Gasteiger partial charge on any atom is -0.493 e. The van der Waals surface area contributed by atoms with Crippen molar-refractivity contribution < 1.29 is 14.6 Å². The van der Waals surface area contributed by atoms with Crippen LogP contribution in [-0.4, -0.2) is 31.5 Å². The Morgan fingerprint density at radius 1 is 1.33 bits per heavy atom. The Labute approximate surface area is 108 Å². The van der Waals surface area contributed by atoms with E-state index in [-0.39, 0.29) is 12.2 Å². The minimum atomic E-state index is -0.359. The van der Waals surface area contributed by atoms with Crippen molar-refractivity contribution in [3.05, 3.63) is 23.8 Å². The van der Waals surface area contributed by atoms with E-state index < -0.39 is 0 Å². The van der Waals surface area contributed by atoms with E-state index in [0.29, 0.717) is 5.75 Å². The number of rotatable bonds is 5. The zero-order chi connectivity index (χ0) is 13.0. The van der Waals surface area contributed by atoms with E-state index in [2.05, 4.69) is 5.32 Å².